The molecule has 1 aromatic carbocycles. The van der Waals surface area contributed by atoms with Crippen LogP contribution in [0.25, 0.3) is 0 Å². The Hall–Kier alpha value is -2.84. The first-order valence-corrected chi connectivity index (χ1v) is 9.13. The van der Waals surface area contributed by atoms with Crippen molar-refractivity contribution in [2.45, 2.75) is 19.1 Å². The Morgan fingerprint density at radius 2 is 1.93 bits per heavy atom. The van der Waals surface area contributed by atoms with Gasteiger partial charge in [0.05, 0.1) is 24.5 Å². The summed E-state index contributed by atoms with van der Waals surface area (Å²) in [5.74, 6) is 1.31. The Labute approximate surface area is 160 Å². The molecule has 0 unspecified atom stereocenters. The lowest BCUT2D eigenvalue weighted by atomic mass is 10.1. The lowest BCUT2D eigenvalue weighted by Gasteiger charge is -2.37. The summed E-state index contributed by atoms with van der Waals surface area (Å²) in [4.78, 5) is 27.3. The van der Waals surface area contributed by atoms with Crippen LogP contribution in [0, 0.1) is 0 Å². The standard InChI is InChI=1S/C19H20F3N5O/c1-13-11-23-17-10-16(24-12-27(13)17)25-5-7-26(8-6-25)18(28)14-3-2-4-15(9-14)19(20,21)22/h2-4,9-10,12-13H,5-8,11H2,1H3/t13-/m1/s1. The summed E-state index contributed by atoms with van der Waals surface area (Å²) in [6, 6.07) is 4.88. The smallest absolute Gasteiger partial charge is 0.353 e. The number of carbonyl (C=O) groups is 1. The molecule has 6 nitrogen and oxygen atoms in total. The molecule has 1 saturated heterocycles. The molecule has 3 aliphatic heterocycles. The van der Waals surface area contributed by atoms with Gasteiger partial charge in [0.15, 0.2) is 0 Å². The molecule has 0 radical (unpaired) electrons. The molecule has 1 aromatic rings. The summed E-state index contributed by atoms with van der Waals surface area (Å²) in [5.41, 5.74) is -0.752. The number of nitrogens with zero attached hydrogens (tertiary/aromatic N) is 5. The first-order valence-electron chi connectivity index (χ1n) is 9.13. The normalized spacial score (nSPS) is 22.1. The fourth-order valence-electron chi connectivity index (χ4n) is 3.51. The van der Waals surface area contributed by atoms with E-state index in [9.17, 15) is 18.0 Å². The van der Waals surface area contributed by atoms with Crippen molar-refractivity contribution >= 4 is 18.1 Å². The molecule has 0 aromatic heterocycles. The molecule has 3 heterocycles. The number of carbonyl (C=O) groups excluding carboxylic acids is 1. The minimum absolute atomic E-state index is 0.0584. The van der Waals surface area contributed by atoms with Crippen molar-refractivity contribution in [3.8, 4) is 0 Å². The van der Waals surface area contributed by atoms with Crippen LogP contribution < -0.4 is 0 Å². The molecule has 0 spiro atoms. The van der Waals surface area contributed by atoms with Crippen LogP contribution in [0.15, 0.2) is 46.1 Å². The quantitative estimate of drug-likeness (QED) is 0.778. The first kappa shape index (κ1) is 18.5. The van der Waals surface area contributed by atoms with E-state index in [1.807, 2.05) is 11.0 Å². The number of piperazine rings is 1. The number of amidine groups is 1. The number of alkyl halides is 3. The number of fused-ring (bicyclic) bond motifs is 1. The number of benzene rings is 1. The second-order valence-electron chi connectivity index (χ2n) is 7.06. The number of hydrogen-bond donors (Lipinski definition) is 0. The van der Waals surface area contributed by atoms with Gasteiger partial charge in [-0.2, -0.15) is 13.2 Å². The van der Waals surface area contributed by atoms with Crippen molar-refractivity contribution in [2.75, 3.05) is 32.7 Å². The van der Waals surface area contributed by atoms with Gasteiger partial charge in [0.25, 0.3) is 5.91 Å². The largest absolute Gasteiger partial charge is 0.416 e. The molecule has 0 bridgehead atoms. The Bertz CT molecular complexity index is 869. The SMILES string of the molecule is C[C@@H]1CN=C2C=C(N3CCN(C(=O)c4cccc(C(F)(F)F)c4)CC3)N=CN21. The van der Waals surface area contributed by atoms with Gasteiger partial charge in [-0.1, -0.05) is 6.07 Å². The fourth-order valence-corrected chi connectivity index (χ4v) is 3.51. The molecular formula is C19H20F3N5O. The highest BCUT2D eigenvalue weighted by Gasteiger charge is 2.32. The Balaban J connectivity index is 1.40. The van der Waals surface area contributed by atoms with Gasteiger partial charge >= 0.3 is 6.18 Å². The van der Waals surface area contributed by atoms with E-state index >= 15 is 0 Å². The van der Waals surface area contributed by atoms with E-state index in [1.165, 1.54) is 12.1 Å². The lowest BCUT2D eigenvalue weighted by Crippen LogP contribution is -2.48. The monoisotopic (exact) mass is 391 g/mol. The van der Waals surface area contributed by atoms with Gasteiger partial charge in [0.1, 0.15) is 11.7 Å². The second-order valence-corrected chi connectivity index (χ2v) is 7.06. The molecule has 0 saturated carbocycles. The molecular weight excluding hydrogens is 371 g/mol. The number of hydrogen-bond acceptors (Lipinski definition) is 5. The maximum Gasteiger partial charge on any atom is 0.416 e. The number of amides is 1. The third kappa shape index (κ3) is 3.48. The highest BCUT2D eigenvalue weighted by atomic mass is 19.4. The maximum atomic E-state index is 12.9. The van der Waals surface area contributed by atoms with E-state index in [-0.39, 0.29) is 11.5 Å². The highest BCUT2D eigenvalue weighted by molar-refractivity contribution is 6.03. The van der Waals surface area contributed by atoms with E-state index in [0.29, 0.717) is 32.2 Å². The number of rotatable bonds is 2. The predicted molar refractivity (Wildman–Crippen MR) is 99.1 cm³/mol. The molecule has 148 valence electrons. The zero-order valence-corrected chi connectivity index (χ0v) is 15.4. The molecule has 3 aliphatic rings. The van der Waals surface area contributed by atoms with Crippen LogP contribution >= 0.6 is 0 Å². The molecule has 28 heavy (non-hydrogen) atoms. The van der Waals surface area contributed by atoms with Gasteiger partial charge in [-0.3, -0.25) is 9.79 Å². The van der Waals surface area contributed by atoms with Crippen LogP contribution in [0.4, 0.5) is 13.2 Å². The molecule has 0 N–H and O–H groups in total. The zero-order valence-electron chi connectivity index (χ0n) is 15.4. The van der Waals surface area contributed by atoms with E-state index in [4.69, 9.17) is 0 Å². The van der Waals surface area contributed by atoms with Crippen molar-refractivity contribution in [2.24, 2.45) is 9.98 Å². The Morgan fingerprint density at radius 1 is 1.18 bits per heavy atom. The molecule has 4 rings (SSSR count). The van der Waals surface area contributed by atoms with Gasteiger partial charge in [-0.25, -0.2) is 4.99 Å². The van der Waals surface area contributed by atoms with Crippen LogP contribution in [-0.4, -0.2) is 71.5 Å². The summed E-state index contributed by atoms with van der Waals surface area (Å²) in [7, 11) is 0. The molecule has 1 fully saturated rings. The van der Waals surface area contributed by atoms with Crippen molar-refractivity contribution < 1.29 is 18.0 Å². The summed E-state index contributed by atoms with van der Waals surface area (Å²) in [6.07, 6.45) is -0.742. The molecule has 0 aliphatic carbocycles. The number of halogens is 3. The highest BCUT2D eigenvalue weighted by Crippen LogP contribution is 2.30. The van der Waals surface area contributed by atoms with Crippen LogP contribution in [0.5, 0.6) is 0 Å². The Morgan fingerprint density at radius 3 is 2.64 bits per heavy atom. The van der Waals surface area contributed by atoms with Crippen molar-refractivity contribution in [3.05, 3.63) is 47.3 Å². The van der Waals surface area contributed by atoms with E-state index < -0.39 is 11.7 Å². The van der Waals surface area contributed by atoms with Gasteiger partial charge in [0, 0.05) is 37.8 Å². The van der Waals surface area contributed by atoms with Gasteiger partial charge in [0.2, 0.25) is 0 Å². The minimum atomic E-state index is -4.46. The third-order valence-corrected chi connectivity index (χ3v) is 5.16. The maximum absolute atomic E-state index is 12.9. The van der Waals surface area contributed by atoms with Crippen molar-refractivity contribution in [1.29, 1.82) is 0 Å². The second kappa shape index (κ2) is 6.96. The lowest BCUT2D eigenvalue weighted by molar-refractivity contribution is -0.137. The van der Waals surface area contributed by atoms with Crippen LogP contribution in [0.3, 0.4) is 0 Å². The fraction of sp³-hybridized carbons (Fsp3) is 0.421. The van der Waals surface area contributed by atoms with Gasteiger partial charge in [-0.15, -0.1) is 0 Å². The van der Waals surface area contributed by atoms with Crippen molar-refractivity contribution in [3.63, 3.8) is 0 Å². The summed E-state index contributed by atoms with van der Waals surface area (Å²) in [6.45, 7) is 4.81. The summed E-state index contributed by atoms with van der Waals surface area (Å²) < 4.78 is 38.7. The van der Waals surface area contributed by atoms with E-state index in [0.717, 1.165) is 30.3 Å². The van der Waals surface area contributed by atoms with E-state index in [2.05, 4.69) is 21.8 Å². The third-order valence-electron chi connectivity index (χ3n) is 5.16. The molecule has 1 atom stereocenters. The predicted octanol–water partition coefficient (Wildman–Crippen LogP) is 2.45. The van der Waals surface area contributed by atoms with Crippen LogP contribution in [0.2, 0.25) is 0 Å². The van der Waals surface area contributed by atoms with E-state index in [1.54, 1.807) is 11.2 Å². The van der Waals surface area contributed by atoms with Gasteiger partial charge in [-0.05, 0) is 25.1 Å². The molecule has 9 heteroatoms. The average molecular weight is 391 g/mol. The molecule has 1 amide bonds. The number of aliphatic imine (C=N–C) groups is 2. The first-order chi connectivity index (χ1) is 13.3. The van der Waals surface area contributed by atoms with Crippen LogP contribution in [0.1, 0.15) is 22.8 Å². The minimum Gasteiger partial charge on any atom is -0.353 e. The topological polar surface area (TPSA) is 51.5 Å². The zero-order chi connectivity index (χ0) is 19.9. The average Bonchev–Trinajstić information content (AvgIpc) is 3.07. The van der Waals surface area contributed by atoms with Crippen molar-refractivity contribution in [1.82, 2.24) is 14.7 Å². The van der Waals surface area contributed by atoms with Crippen LogP contribution in [-0.2, 0) is 6.18 Å². The summed E-state index contributed by atoms with van der Waals surface area (Å²) in [5, 5.41) is 0. The summed E-state index contributed by atoms with van der Waals surface area (Å²) >= 11 is 0. The Kier molecular flexibility index (Phi) is 4.60. The van der Waals surface area contributed by atoms with Gasteiger partial charge < -0.3 is 14.7 Å².